The molecule has 0 unspecified atom stereocenters. The number of carbonyl (C=O) groups is 3. The number of allylic oxidation sites excluding steroid dienone is 3. The van der Waals surface area contributed by atoms with Crippen LogP contribution in [-0.2, 0) is 20.9 Å². The SMILES string of the molecule is CC[C@H](C)CC(=O)N[C@H]1CCC2=C3C(=CCC2)C[C@@H](C(=O)NCc2nn[nH]n2)N3C1=O. The molecular weight excluding hydrogens is 398 g/mol. The Morgan fingerprint density at radius 2 is 2.19 bits per heavy atom. The van der Waals surface area contributed by atoms with Gasteiger partial charge in [0.25, 0.3) is 0 Å². The van der Waals surface area contributed by atoms with Gasteiger partial charge >= 0.3 is 0 Å². The van der Waals surface area contributed by atoms with Crippen LogP contribution in [0.25, 0.3) is 0 Å². The first kappa shape index (κ1) is 21.2. The molecule has 3 atom stereocenters. The maximum Gasteiger partial charge on any atom is 0.250 e. The fourth-order valence-corrected chi connectivity index (χ4v) is 4.54. The second-order valence-electron chi connectivity index (χ2n) is 8.57. The fourth-order valence-electron chi connectivity index (χ4n) is 4.54. The van der Waals surface area contributed by atoms with Crippen LogP contribution in [0.1, 0.15) is 64.6 Å². The number of carbonyl (C=O) groups excluding carboxylic acids is 3. The monoisotopic (exact) mass is 427 g/mol. The standard InChI is InChI=1S/C21H29N7O3/c1-3-12(2)9-18(29)23-15-8-7-13-5-4-6-14-10-16(28(19(13)14)21(15)31)20(30)22-11-17-24-26-27-25-17/h6,12,15-16H,3-5,7-11H2,1-2H3,(H,22,30)(H,23,29)(H,24,25,26,27)/t12-,15-,16-/m0/s1. The van der Waals surface area contributed by atoms with Gasteiger partial charge in [-0.15, -0.1) is 10.2 Å². The highest BCUT2D eigenvalue weighted by Gasteiger charge is 2.46. The first-order chi connectivity index (χ1) is 15.0. The lowest BCUT2D eigenvalue weighted by atomic mass is 9.92. The number of aromatic amines is 1. The molecule has 3 heterocycles. The van der Waals surface area contributed by atoms with Gasteiger partial charge in [-0.1, -0.05) is 31.6 Å². The number of nitrogens with one attached hydrogen (secondary N) is 3. The van der Waals surface area contributed by atoms with Gasteiger partial charge in [-0.25, -0.2) is 0 Å². The van der Waals surface area contributed by atoms with E-state index in [2.05, 4.69) is 37.3 Å². The Balaban J connectivity index is 1.53. The van der Waals surface area contributed by atoms with Gasteiger partial charge in [0.05, 0.1) is 6.54 Å². The van der Waals surface area contributed by atoms with Crippen LogP contribution in [0.2, 0.25) is 0 Å². The van der Waals surface area contributed by atoms with Crippen LogP contribution >= 0.6 is 0 Å². The average Bonchev–Trinajstić information content (AvgIpc) is 3.39. The summed E-state index contributed by atoms with van der Waals surface area (Å²) >= 11 is 0. The van der Waals surface area contributed by atoms with Gasteiger partial charge in [0.1, 0.15) is 12.1 Å². The molecule has 0 aromatic carbocycles. The zero-order chi connectivity index (χ0) is 22.0. The summed E-state index contributed by atoms with van der Waals surface area (Å²) in [6, 6.07) is -1.25. The third-order valence-electron chi connectivity index (χ3n) is 6.39. The summed E-state index contributed by atoms with van der Waals surface area (Å²) in [4.78, 5) is 40.7. The van der Waals surface area contributed by atoms with Gasteiger partial charge in [0.15, 0.2) is 5.82 Å². The molecule has 0 spiro atoms. The minimum Gasteiger partial charge on any atom is -0.347 e. The van der Waals surface area contributed by atoms with Crippen molar-refractivity contribution in [3.8, 4) is 0 Å². The largest absolute Gasteiger partial charge is 0.347 e. The number of tetrazole rings is 1. The van der Waals surface area contributed by atoms with Crippen LogP contribution in [0.4, 0.5) is 0 Å². The lowest BCUT2D eigenvalue weighted by Gasteiger charge is -2.28. The lowest BCUT2D eigenvalue weighted by Crippen LogP contribution is -2.52. The number of rotatable bonds is 7. The number of amides is 3. The van der Waals surface area contributed by atoms with E-state index >= 15 is 0 Å². The summed E-state index contributed by atoms with van der Waals surface area (Å²) in [7, 11) is 0. The minimum atomic E-state index is -0.638. The van der Waals surface area contributed by atoms with Gasteiger partial charge in [0.2, 0.25) is 17.7 Å². The molecular formula is C21H29N7O3. The molecule has 166 valence electrons. The molecule has 10 heteroatoms. The van der Waals surface area contributed by atoms with E-state index in [0.29, 0.717) is 25.1 Å². The third-order valence-corrected chi connectivity index (χ3v) is 6.39. The van der Waals surface area contributed by atoms with Gasteiger partial charge < -0.3 is 10.6 Å². The zero-order valence-corrected chi connectivity index (χ0v) is 18.0. The number of nitrogens with zero attached hydrogens (tertiary/aromatic N) is 4. The molecule has 1 aliphatic carbocycles. The molecule has 1 saturated heterocycles. The molecule has 0 radical (unpaired) electrons. The highest BCUT2D eigenvalue weighted by molar-refractivity contribution is 5.95. The maximum atomic E-state index is 13.5. The van der Waals surface area contributed by atoms with E-state index in [-0.39, 0.29) is 30.2 Å². The summed E-state index contributed by atoms with van der Waals surface area (Å²) < 4.78 is 0. The van der Waals surface area contributed by atoms with Crippen LogP contribution in [-0.4, -0.2) is 55.3 Å². The molecule has 0 bridgehead atoms. The Labute approximate surface area is 180 Å². The predicted octanol–water partition coefficient (Wildman–Crippen LogP) is 1.11. The maximum absolute atomic E-state index is 13.5. The van der Waals surface area contributed by atoms with Crippen molar-refractivity contribution in [1.29, 1.82) is 0 Å². The normalized spacial score (nSPS) is 23.7. The van der Waals surface area contributed by atoms with Crippen LogP contribution < -0.4 is 10.6 Å². The second-order valence-corrected chi connectivity index (χ2v) is 8.57. The van der Waals surface area contributed by atoms with Crippen molar-refractivity contribution >= 4 is 17.7 Å². The third kappa shape index (κ3) is 4.38. The van der Waals surface area contributed by atoms with Crippen molar-refractivity contribution < 1.29 is 14.4 Å². The summed E-state index contributed by atoms with van der Waals surface area (Å²) in [6.07, 6.45) is 7.03. The molecule has 10 nitrogen and oxygen atoms in total. The van der Waals surface area contributed by atoms with Crippen molar-refractivity contribution in [2.24, 2.45) is 5.92 Å². The average molecular weight is 428 g/mol. The van der Waals surface area contributed by atoms with Crippen molar-refractivity contribution in [3.05, 3.63) is 28.7 Å². The Hall–Kier alpha value is -3.04. The van der Waals surface area contributed by atoms with Gasteiger partial charge in [-0.3, -0.25) is 19.3 Å². The molecule has 2 aliphatic heterocycles. The van der Waals surface area contributed by atoms with Crippen molar-refractivity contribution in [2.45, 2.75) is 77.4 Å². The number of H-pyrrole nitrogens is 1. The molecule has 3 N–H and O–H groups in total. The highest BCUT2D eigenvalue weighted by Crippen LogP contribution is 2.43. The van der Waals surface area contributed by atoms with E-state index in [9.17, 15) is 14.4 Å². The fraction of sp³-hybridized carbons (Fsp3) is 0.619. The van der Waals surface area contributed by atoms with E-state index in [1.54, 1.807) is 4.90 Å². The van der Waals surface area contributed by atoms with E-state index in [0.717, 1.165) is 37.0 Å². The molecule has 1 aromatic rings. The topological polar surface area (TPSA) is 133 Å². The van der Waals surface area contributed by atoms with Crippen molar-refractivity contribution in [3.63, 3.8) is 0 Å². The van der Waals surface area contributed by atoms with E-state index in [4.69, 9.17) is 0 Å². The summed E-state index contributed by atoms with van der Waals surface area (Å²) in [5.41, 5.74) is 3.16. The first-order valence-corrected chi connectivity index (χ1v) is 11.0. The van der Waals surface area contributed by atoms with Crippen LogP contribution in [0, 0.1) is 5.92 Å². The number of aromatic nitrogens is 4. The van der Waals surface area contributed by atoms with Crippen molar-refractivity contribution in [1.82, 2.24) is 36.2 Å². The zero-order valence-electron chi connectivity index (χ0n) is 18.0. The molecule has 1 fully saturated rings. The summed E-state index contributed by atoms with van der Waals surface area (Å²) in [5, 5.41) is 19.3. The van der Waals surface area contributed by atoms with E-state index in [1.165, 1.54) is 5.57 Å². The Morgan fingerprint density at radius 1 is 1.35 bits per heavy atom. The molecule has 3 aliphatic rings. The smallest absolute Gasteiger partial charge is 0.250 e. The Bertz CT molecular complexity index is 921. The predicted molar refractivity (Wildman–Crippen MR) is 111 cm³/mol. The van der Waals surface area contributed by atoms with Gasteiger partial charge in [-0.2, -0.15) is 5.21 Å². The quantitative estimate of drug-likeness (QED) is 0.597. The summed E-state index contributed by atoms with van der Waals surface area (Å²) in [5.74, 6) is 0.0671. The van der Waals surface area contributed by atoms with Gasteiger partial charge in [0, 0.05) is 18.5 Å². The Morgan fingerprint density at radius 3 is 2.94 bits per heavy atom. The molecule has 0 saturated carbocycles. The van der Waals surface area contributed by atoms with Gasteiger partial charge in [-0.05, 0) is 42.7 Å². The molecule has 4 rings (SSSR count). The number of hydrogen-bond acceptors (Lipinski definition) is 6. The number of hydrogen-bond donors (Lipinski definition) is 3. The van der Waals surface area contributed by atoms with E-state index < -0.39 is 12.1 Å². The molecule has 1 aromatic heterocycles. The van der Waals surface area contributed by atoms with Crippen molar-refractivity contribution in [2.75, 3.05) is 0 Å². The van der Waals surface area contributed by atoms with Crippen LogP contribution in [0.15, 0.2) is 22.9 Å². The van der Waals surface area contributed by atoms with Crippen LogP contribution in [0.5, 0.6) is 0 Å². The summed E-state index contributed by atoms with van der Waals surface area (Å²) in [6.45, 7) is 4.20. The lowest BCUT2D eigenvalue weighted by molar-refractivity contribution is -0.140. The Kier molecular flexibility index (Phi) is 6.15. The second kappa shape index (κ2) is 8.99. The van der Waals surface area contributed by atoms with E-state index in [1.807, 2.05) is 13.8 Å². The highest BCUT2D eigenvalue weighted by atomic mass is 16.2. The molecule has 31 heavy (non-hydrogen) atoms. The van der Waals surface area contributed by atoms with Crippen LogP contribution in [0.3, 0.4) is 0 Å². The first-order valence-electron chi connectivity index (χ1n) is 11.0. The molecule has 3 amide bonds. The minimum absolute atomic E-state index is 0.111.